The lowest BCUT2D eigenvalue weighted by Crippen LogP contribution is -2.33. The van der Waals surface area contributed by atoms with Crippen molar-refractivity contribution in [1.82, 2.24) is 0 Å². The summed E-state index contributed by atoms with van der Waals surface area (Å²) in [5.41, 5.74) is 20.7. The third kappa shape index (κ3) is 3.37. The average Bonchev–Trinajstić information content (AvgIpc) is 3.01. The summed E-state index contributed by atoms with van der Waals surface area (Å²) >= 11 is 0. The number of nitrogen functional groups attached to an aromatic ring is 1. The second-order valence-electron chi connectivity index (χ2n) is 10.1. The Morgan fingerprint density at radius 2 is 1.55 bits per heavy atom. The van der Waals surface area contributed by atoms with Gasteiger partial charge in [-0.05, 0) is 128 Å². The molecule has 3 heteroatoms. The molecule has 0 aromatic heterocycles. The molecule has 1 heterocycles. The quantitative estimate of drug-likeness (QED) is 0.306. The van der Waals surface area contributed by atoms with E-state index >= 15 is 0 Å². The van der Waals surface area contributed by atoms with Crippen LogP contribution in [-0.4, -0.2) is 5.84 Å². The SMILES string of the molecule is Cc1c(C)c(C)c([C@@H]2Nc3ccc(C(=N)N)cc3[C@H]3c4ccccc4CCC[C@H]32)c(C)c1C. The van der Waals surface area contributed by atoms with E-state index in [1.54, 1.807) is 0 Å². The lowest BCUT2D eigenvalue weighted by Gasteiger charge is -2.43. The lowest BCUT2D eigenvalue weighted by atomic mass is 9.69. The minimum absolute atomic E-state index is 0.134. The maximum Gasteiger partial charge on any atom is 0.122 e. The molecule has 0 spiro atoms. The summed E-state index contributed by atoms with van der Waals surface area (Å²) in [5, 5.41) is 12.0. The predicted molar refractivity (Wildman–Crippen MR) is 139 cm³/mol. The topological polar surface area (TPSA) is 61.9 Å². The van der Waals surface area contributed by atoms with Gasteiger partial charge in [0.1, 0.15) is 5.84 Å². The summed E-state index contributed by atoms with van der Waals surface area (Å²) in [6.07, 6.45) is 3.49. The van der Waals surface area contributed by atoms with Crippen molar-refractivity contribution in [3.05, 3.63) is 98.1 Å². The van der Waals surface area contributed by atoms with Crippen molar-refractivity contribution in [1.29, 1.82) is 5.41 Å². The van der Waals surface area contributed by atoms with Crippen molar-refractivity contribution in [2.75, 3.05) is 5.32 Å². The molecule has 0 amide bonds. The fourth-order valence-corrected chi connectivity index (χ4v) is 6.42. The Balaban J connectivity index is 1.77. The summed E-state index contributed by atoms with van der Waals surface area (Å²) in [5.74, 6) is 0.877. The van der Waals surface area contributed by atoms with E-state index in [0.29, 0.717) is 11.8 Å². The molecule has 5 rings (SSSR count). The number of anilines is 1. The molecule has 2 aliphatic rings. The molecule has 3 nitrogen and oxygen atoms in total. The minimum atomic E-state index is 0.134. The van der Waals surface area contributed by atoms with Gasteiger partial charge in [-0.25, -0.2) is 0 Å². The monoisotopic (exact) mass is 437 g/mol. The molecule has 3 atom stereocenters. The molecule has 1 aliphatic carbocycles. The van der Waals surface area contributed by atoms with E-state index in [9.17, 15) is 0 Å². The molecular formula is C30H35N3. The van der Waals surface area contributed by atoms with E-state index in [-0.39, 0.29) is 11.9 Å². The average molecular weight is 438 g/mol. The molecule has 170 valence electrons. The van der Waals surface area contributed by atoms with Crippen molar-refractivity contribution in [3.63, 3.8) is 0 Å². The Morgan fingerprint density at radius 1 is 0.879 bits per heavy atom. The number of amidine groups is 1. The fraction of sp³-hybridized carbons (Fsp3) is 0.367. The Kier molecular flexibility index (Phi) is 5.31. The predicted octanol–water partition coefficient (Wildman–Crippen LogP) is 6.76. The van der Waals surface area contributed by atoms with Crippen LogP contribution < -0.4 is 11.1 Å². The van der Waals surface area contributed by atoms with Crippen LogP contribution in [-0.2, 0) is 6.42 Å². The minimum Gasteiger partial charge on any atom is -0.384 e. The molecule has 4 N–H and O–H groups in total. The highest BCUT2D eigenvalue weighted by Crippen LogP contribution is 2.53. The van der Waals surface area contributed by atoms with Gasteiger partial charge in [0, 0.05) is 17.2 Å². The molecule has 3 aromatic carbocycles. The first-order valence-electron chi connectivity index (χ1n) is 12.2. The van der Waals surface area contributed by atoms with Gasteiger partial charge in [0.25, 0.3) is 0 Å². The van der Waals surface area contributed by atoms with Gasteiger partial charge in [0.15, 0.2) is 0 Å². The summed E-state index contributed by atoms with van der Waals surface area (Å²) in [6.45, 7) is 11.4. The van der Waals surface area contributed by atoms with Gasteiger partial charge >= 0.3 is 0 Å². The van der Waals surface area contributed by atoms with Gasteiger partial charge in [0.2, 0.25) is 0 Å². The van der Waals surface area contributed by atoms with Gasteiger partial charge in [-0.3, -0.25) is 5.41 Å². The summed E-state index contributed by atoms with van der Waals surface area (Å²) in [4.78, 5) is 0. The van der Waals surface area contributed by atoms with Crippen molar-refractivity contribution < 1.29 is 0 Å². The Bertz CT molecular complexity index is 1240. The largest absolute Gasteiger partial charge is 0.384 e. The number of hydrogen-bond donors (Lipinski definition) is 3. The van der Waals surface area contributed by atoms with Crippen molar-refractivity contribution in [2.24, 2.45) is 11.7 Å². The maximum absolute atomic E-state index is 8.03. The van der Waals surface area contributed by atoms with Gasteiger partial charge in [-0.15, -0.1) is 0 Å². The van der Waals surface area contributed by atoms with Gasteiger partial charge in [-0.1, -0.05) is 24.3 Å². The smallest absolute Gasteiger partial charge is 0.122 e. The standard InChI is InChI=1S/C30H35N3/c1-16-17(2)19(4)27(20(5)18(16)3)29-24-12-8-10-21-9-6-7-11-23(21)28(24)25-15-22(30(31)32)13-14-26(25)33-29/h6-7,9,11,13-15,24,28-29,33H,8,10,12H2,1-5H3,(H3,31,32)/t24-,28+,29-/m1/s1. The van der Waals surface area contributed by atoms with E-state index in [1.165, 1.54) is 68.6 Å². The third-order valence-corrected chi connectivity index (χ3v) is 8.61. The van der Waals surface area contributed by atoms with Crippen LogP contribution in [0.5, 0.6) is 0 Å². The van der Waals surface area contributed by atoms with Gasteiger partial charge < -0.3 is 11.1 Å². The number of nitrogens with one attached hydrogen (secondary N) is 2. The first-order chi connectivity index (χ1) is 15.8. The van der Waals surface area contributed by atoms with Gasteiger partial charge in [0.05, 0.1) is 6.04 Å². The zero-order valence-corrected chi connectivity index (χ0v) is 20.5. The van der Waals surface area contributed by atoms with Crippen LogP contribution in [0.1, 0.15) is 80.4 Å². The van der Waals surface area contributed by atoms with Crippen LogP contribution in [0.4, 0.5) is 5.69 Å². The molecule has 33 heavy (non-hydrogen) atoms. The summed E-state index contributed by atoms with van der Waals surface area (Å²) in [6, 6.07) is 15.5. The molecule has 0 saturated carbocycles. The van der Waals surface area contributed by atoms with Crippen LogP contribution in [0.15, 0.2) is 42.5 Å². The van der Waals surface area contributed by atoms with E-state index in [1.807, 2.05) is 6.07 Å². The Labute approximate surface area is 197 Å². The van der Waals surface area contributed by atoms with E-state index in [2.05, 4.69) is 76.3 Å². The molecule has 3 aromatic rings. The molecule has 0 bridgehead atoms. The van der Waals surface area contributed by atoms with Gasteiger partial charge in [-0.2, -0.15) is 0 Å². The summed E-state index contributed by atoms with van der Waals surface area (Å²) < 4.78 is 0. The number of rotatable bonds is 2. The first kappa shape index (κ1) is 21.8. The number of hydrogen-bond acceptors (Lipinski definition) is 2. The number of aryl methyl sites for hydroxylation is 1. The third-order valence-electron chi connectivity index (χ3n) is 8.61. The van der Waals surface area contributed by atoms with E-state index < -0.39 is 0 Å². The number of fused-ring (bicyclic) bond motifs is 5. The summed E-state index contributed by atoms with van der Waals surface area (Å²) in [7, 11) is 0. The second-order valence-corrected chi connectivity index (χ2v) is 10.1. The highest BCUT2D eigenvalue weighted by molar-refractivity contribution is 5.95. The van der Waals surface area contributed by atoms with Crippen LogP contribution in [0.2, 0.25) is 0 Å². The zero-order chi connectivity index (χ0) is 23.4. The zero-order valence-electron chi connectivity index (χ0n) is 20.5. The highest BCUT2D eigenvalue weighted by Gasteiger charge is 2.41. The normalized spacial score (nSPS) is 21.3. The van der Waals surface area contributed by atoms with Crippen LogP contribution in [0, 0.1) is 45.9 Å². The molecule has 0 saturated heterocycles. The molecule has 1 aliphatic heterocycles. The van der Waals surface area contributed by atoms with Crippen molar-refractivity contribution in [2.45, 2.75) is 65.8 Å². The second kappa shape index (κ2) is 8.06. The van der Waals surface area contributed by atoms with Crippen LogP contribution in [0.25, 0.3) is 0 Å². The van der Waals surface area contributed by atoms with E-state index in [0.717, 1.165) is 12.0 Å². The fourth-order valence-electron chi connectivity index (χ4n) is 6.42. The molecule has 0 radical (unpaired) electrons. The highest BCUT2D eigenvalue weighted by atomic mass is 15.0. The first-order valence-corrected chi connectivity index (χ1v) is 12.2. The maximum atomic E-state index is 8.03. The van der Waals surface area contributed by atoms with E-state index in [4.69, 9.17) is 11.1 Å². The molecular weight excluding hydrogens is 402 g/mol. The van der Waals surface area contributed by atoms with Crippen LogP contribution in [0.3, 0.4) is 0 Å². The Hall–Kier alpha value is -3.07. The molecule has 0 unspecified atom stereocenters. The van der Waals surface area contributed by atoms with Crippen molar-refractivity contribution >= 4 is 11.5 Å². The Morgan fingerprint density at radius 3 is 2.24 bits per heavy atom. The lowest BCUT2D eigenvalue weighted by molar-refractivity contribution is 0.366. The molecule has 0 fully saturated rings. The van der Waals surface area contributed by atoms with Crippen LogP contribution >= 0.6 is 0 Å². The number of benzene rings is 3. The van der Waals surface area contributed by atoms with Crippen molar-refractivity contribution in [3.8, 4) is 0 Å². The number of nitrogens with two attached hydrogens (primary N) is 1.